The van der Waals surface area contributed by atoms with E-state index in [0.717, 1.165) is 20.9 Å². The van der Waals surface area contributed by atoms with Gasteiger partial charge in [0.15, 0.2) is 5.82 Å². The first-order valence-corrected chi connectivity index (χ1v) is 9.89. The van der Waals surface area contributed by atoms with Crippen molar-refractivity contribution in [3.05, 3.63) is 64.8 Å². The summed E-state index contributed by atoms with van der Waals surface area (Å²) in [6.45, 7) is 0. The Bertz CT molecular complexity index is 1170. The minimum absolute atomic E-state index is 0.614. The molecule has 0 amide bonds. The Kier molecular flexibility index (Phi) is 5.59. The number of anilines is 2. The standard InChI is InChI=1S/C21H17ClN4O2S/c1-27-15-9-14(10-16(11-15)28-2)25-21-18(4-3-7-23-21)24-12-20-26-17-6-5-13(22)8-19(17)29-20/h3-12H,1-2H3,(H,23,25). The van der Waals surface area contributed by atoms with Gasteiger partial charge in [0, 0.05) is 35.1 Å². The van der Waals surface area contributed by atoms with Crippen molar-refractivity contribution in [1.82, 2.24) is 9.97 Å². The Balaban J connectivity index is 1.62. The van der Waals surface area contributed by atoms with Crippen molar-refractivity contribution in [3.63, 3.8) is 0 Å². The van der Waals surface area contributed by atoms with Gasteiger partial charge in [0.05, 0.1) is 30.7 Å². The molecule has 0 atom stereocenters. The van der Waals surface area contributed by atoms with E-state index in [-0.39, 0.29) is 0 Å². The third kappa shape index (κ3) is 4.47. The Morgan fingerprint density at radius 2 is 1.86 bits per heavy atom. The van der Waals surface area contributed by atoms with Gasteiger partial charge in [0.2, 0.25) is 0 Å². The van der Waals surface area contributed by atoms with E-state index >= 15 is 0 Å². The maximum absolute atomic E-state index is 6.05. The van der Waals surface area contributed by atoms with E-state index in [9.17, 15) is 0 Å². The summed E-state index contributed by atoms with van der Waals surface area (Å²) in [6.07, 6.45) is 3.44. The van der Waals surface area contributed by atoms with Crippen LogP contribution in [0.15, 0.2) is 59.7 Å². The molecule has 0 unspecified atom stereocenters. The summed E-state index contributed by atoms with van der Waals surface area (Å²) >= 11 is 7.58. The summed E-state index contributed by atoms with van der Waals surface area (Å²) < 4.78 is 11.7. The van der Waals surface area contributed by atoms with E-state index in [1.165, 1.54) is 11.3 Å². The first-order chi connectivity index (χ1) is 14.1. The average Bonchev–Trinajstić information content (AvgIpc) is 3.14. The Labute approximate surface area is 176 Å². The van der Waals surface area contributed by atoms with Gasteiger partial charge in [-0.3, -0.25) is 0 Å². The molecular formula is C21H17ClN4O2S. The van der Waals surface area contributed by atoms with Crippen LogP contribution in [0.5, 0.6) is 11.5 Å². The molecule has 1 N–H and O–H groups in total. The summed E-state index contributed by atoms with van der Waals surface area (Å²) in [7, 11) is 3.22. The van der Waals surface area contributed by atoms with Crippen LogP contribution in [-0.2, 0) is 0 Å². The summed E-state index contributed by atoms with van der Waals surface area (Å²) in [6, 6.07) is 14.9. The first-order valence-electron chi connectivity index (χ1n) is 8.70. The van der Waals surface area contributed by atoms with Crippen LogP contribution in [-0.4, -0.2) is 30.4 Å². The molecule has 0 aliphatic heterocycles. The molecule has 4 rings (SSSR count). The van der Waals surface area contributed by atoms with Crippen molar-refractivity contribution >= 4 is 56.6 Å². The van der Waals surface area contributed by atoms with Gasteiger partial charge in [0.1, 0.15) is 22.2 Å². The van der Waals surface area contributed by atoms with E-state index in [1.807, 2.05) is 48.5 Å². The number of benzene rings is 2. The molecule has 0 fully saturated rings. The molecule has 0 saturated carbocycles. The molecule has 2 aromatic heterocycles. The molecule has 0 saturated heterocycles. The molecule has 2 heterocycles. The van der Waals surface area contributed by atoms with Gasteiger partial charge in [0.25, 0.3) is 0 Å². The fourth-order valence-electron chi connectivity index (χ4n) is 2.71. The van der Waals surface area contributed by atoms with Crippen molar-refractivity contribution < 1.29 is 9.47 Å². The van der Waals surface area contributed by atoms with E-state index in [2.05, 4.69) is 20.3 Å². The van der Waals surface area contributed by atoms with Gasteiger partial charge in [-0.2, -0.15) is 0 Å². The zero-order valence-electron chi connectivity index (χ0n) is 15.7. The molecule has 0 bridgehead atoms. The van der Waals surface area contributed by atoms with Gasteiger partial charge < -0.3 is 14.8 Å². The molecule has 0 aliphatic rings. The highest BCUT2D eigenvalue weighted by molar-refractivity contribution is 7.20. The number of hydrogen-bond donors (Lipinski definition) is 1. The van der Waals surface area contributed by atoms with E-state index in [0.29, 0.717) is 28.0 Å². The average molecular weight is 425 g/mol. The SMILES string of the molecule is COc1cc(Nc2ncccc2N=Cc2nc3ccc(Cl)cc3s2)cc(OC)c1. The van der Waals surface area contributed by atoms with E-state index in [4.69, 9.17) is 21.1 Å². The number of halogens is 1. The lowest BCUT2D eigenvalue weighted by molar-refractivity contribution is 0.395. The second-order valence-electron chi connectivity index (χ2n) is 6.02. The van der Waals surface area contributed by atoms with Crippen molar-refractivity contribution in [3.8, 4) is 11.5 Å². The zero-order chi connectivity index (χ0) is 20.2. The Morgan fingerprint density at radius 1 is 1.07 bits per heavy atom. The lowest BCUT2D eigenvalue weighted by Gasteiger charge is -2.11. The highest BCUT2D eigenvalue weighted by Crippen LogP contribution is 2.31. The smallest absolute Gasteiger partial charge is 0.156 e. The summed E-state index contributed by atoms with van der Waals surface area (Å²) in [5, 5.41) is 4.76. The molecule has 0 spiro atoms. The summed E-state index contributed by atoms with van der Waals surface area (Å²) in [4.78, 5) is 13.6. The van der Waals surface area contributed by atoms with Crippen molar-refractivity contribution in [2.24, 2.45) is 4.99 Å². The number of aliphatic imine (C=N–C) groups is 1. The van der Waals surface area contributed by atoms with Gasteiger partial charge in [-0.1, -0.05) is 11.6 Å². The van der Waals surface area contributed by atoms with Crippen molar-refractivity contribution in [2.45, 2.75) is 0 Å². The second-order valence-corrected chi connectivity index (χ2v) is 7.52. The number of methoxy groups -OCH3 is 2. The quantitative estimate of drug-likeness (QED) is 0.393. The fraction of sp³-hybridized carbons (Fsp3) is 0.0952. The molecule has 8 heteroatoms. The number of rotatable bonds is 6. The van der Waals surface area contributed by atoms with Crippen LogP contribution in [0.2, 0.25) is 5.02 Å². The van der Waals surface area contributed by atoms with Gasteiger partial charge in [-0.25, -0.2) is 15.0 Å². The van der Waals surface area contributed by atoms with Crippen LogP contribution < -0.4 is 14.8 Å². The zero-order valence-corrected chi connectivity index (χ0v) is 17.3. The van der Waals surface area contributed by atoms with Crippen LogP contribution in [0.3, 0.4) is 0 Å². The topological polar surface area (TPSA) is 68.6 Å². The number of pyridine rings is 1. The second kappa shape index (κ2) is 8.46. The van der Waals surface area contributed by atoms with Crippen LogP contribution in [0.25, 0.3) is 10.2 Å². The van der Waals surface area contributed by atoms with Gasteiger partial charge in [-0.05, 0) is 30.3 Å². The maximum atomic E-state index is 6.05. The molecule has 6 nitrogen and oxygen atoms in total. The van der Waals surface area contributed by atoms with E-state index < -0.39 is 0 Å². The first kappa shape index (κ1) is 19.2. The molecule has 2 aromatic carbocycles. The largest absolute Gasteiger partial charge is 0.497 e. The number of hydrogen-bond acceptors (Lipinski definition) is 7. The number of thiazole rings is 1. The van der Waals surface area contributed by atoms with Crippen LogP contribution in [0.1, 0.15) is 5.01 Å². The Hall–Kier alpha value is -3.16. The summed E-state index contributed by atoms with van der Waals surface area (Å²) in [5.74, 6) is 1.98. The van der Waals surface area contributed by atoms with Crippen LogP contribution in [0, 0.1) is 0 Å². The minimum Gasteiger partial charge on any atom is -0.497 e. The molecule has 0 radical (unpaired) electrons. The highest BCUT2D eigenvalue weighted by Gasteiger charge is 2.07. The Morgan fingerprint density at radius 3 is 2.62 bits per heavy atom. The van der Waals surface area contributed by atoms with Crippen LogP contribution >= 0.6 is 22.9 Å². The number of ether oxygens (including phenoxy) is 2. The van der Waals surface area contributed by atoms with Gasteiger partial charge >= 0.3 is 0 Å². The van der Waals surface area contributed by atoms with Crippen molar-refractivity contribution in [2.75, 3.05) is 19.5 Å². The molecule has 4 aromatic rings. The lowest BCUT2D eigenvalue weighted by Crippen LogP contribution is -1.96. The summed E-state index contributed by atoms with van der Waals surface area (Å²) in [5.41, 5.74) is 2.37. The molecule has 29 heavy (non-hydrogen) atoms. The van der Waals surface area contributed by atoms with Crippen LogP contribution in [0.4, 0.5) is 17.2 Å². The molecule has 0 aliphatic carbocycles. The minimum atomic E-state index is 0.614. The fourth-order valence-corrected chi connectivity index (χ4v) is 3.83. The number of aromatic nitrogens is 2. The molecule has 146 valence electrons. The third-order valence-corrected chi connectivity index (χ3v) is 5.27. The highest BCUT2D eigenvalue weighted by atomic mass is 35.5. The number of nitrogens with one attached hydrogen (secondary N) is 1. The third-order valence-electron chi connectivity index (χ3n) is 4.08. The predicted octanol–water partition coefficient (Wildman–Crippen LogP) is 5.86. The maximum Gasteiger partial charge on any atom is 0.156 e. The molecular weight excluding hydrogens is 408 g/mol. The number of fused-ring (bicyclic) bond motifs is 1. The van der Waals surface area contributed by atoms with E-state index in [1.54, 1.807) is 26.6 Å². The number of nitrogens with zero attached hydrogens (tertiary/aromatic N) is 3. The monoisotopic (exact) mass is 424 g/mol. The van der Waals surface area contributed by atoms with Gasteiger partial charge in [-0.15, -0.1) is 11.3 Å². The predicted molar refractivity (Wildman–Crippen MR) is 119 cm³/mol. The van der Waals surface area contributed by atoms with Crippen molar-refractivity contribution in [1.29, 1.82) is 0 Å². The normalized spacial score (nSPS) is 11.1. The lowest BCUT2D eigenvalue weighted by atomic mass is 10.2.